The Morgan fingerprint density at radius 1 is 1.43 bits per heavy atom. The van der Waals surface area contributed by atoms with Crippen LogP contribution >= 0.6 is 11.6 Å². The number of pyridine rings is 1. The van der Waals surface area contributed by atoms with E-state index in [4.69, 9.17) is 11.6 Å². The summed E-state index contributed by atoms with van der Waals surface area (Å²) < 4.78 is 26.1. The zero-order valence-corrected chi connectivity index (χ0v) is 9.30. The van der Waals surface area contributed by atoms with E-state index in [2.05, 4.69) is 9.71 Å². The maximum absolute atomic E-state index is 11.3. The minimum Gasteiger partial charge on any atom is -0.269 e. The van der Waals surface area contributed by atoms with Crippen LogP contribution < -0.4 is 4.72 Å². The molecule has 0 bridgehead atoms. The Morgan fingerprint density at radius 2 is 2.07 bits per heavy atom. The van der Waals surface area contributed by atoms with Gasteiger partial charge in [0.1, 0.15) is 5.15 Å². The molecule has 14 heavy (non-hydrogen) atoms. The molecule has 0 saturated carbocycles. The molecule has 0 atom stereocenters. The van der Waals surface area contributed by atoms with E-state index in [0.717, 1.165) is 4.31 Å². The molecule has 0 saturated heterocycles. The van der Waals surface area contributed by atoms with Crippen molar-refractivity contribution < 1.29 is 8.42 Å². The van der Waals surface area contributed by atoms with Gasteiger partial charge in [0.2, 0.25) is 0 Å². The topological polar surface area (TPSA) is 62.3 Å². The first kappa shape index (κ1) is 11.2. The minimum atomic E-state index is -3.46. The molecule has 1 N–H and O–H groups in total. The number of nitrogens with zero attached hydrogens (tertiary/aromatic N) is 2. The van der Waals surface area contributed by atoms with E-state index in [0.29, 0.717) is 10.8 Å². The van der Waals surface area contributed by atoms with Crippen LogP contribution in [-0.4, -0.2) is 31.8 Å². The molecule has 0 radical (unpaired) electrons. The van der Waals surface area contributed by atoms with Crippen LogP contribution in [0.3, 0.4) is 0 Å². The Kier molecular flexibility index (Phi) is 3.30. The number of aromatic nitrogens is 1. The Hall–Kier alpha value is -0.850. The lowest BCUT2D eigenvalue weighted by Crippen LogP contribution is -2.28. The molecule has 1 heterocycles. The van der Waals surface area contributed by atoms with Gasteiger partial charge in [-0.25, -0.2) is 4.98 Å². The summed E-state index contributed by atoms with van der Waals surface area (Å²) in [6, 6.07) is 3.05. The molecule has 1 rings (SSSR count). The highest BCUT2D eigenvalue weighted by Crippen LogP contribution is 2.11. The van der Waals surface area contributed by atoms with Crippen molar-refractivity contribution in [3.8, 4) is 0 Å². The summed E-state index contributed by atoms with van der Waals surface area (Å²) in [4.78, 5) is 3.74. The SMILES string of the molecule is CN(C)S(=O)(=O)Nc1ccc(Cl)nc1. The molecule has 78 valence electrons. The van der Waals surface area contributed by atoms with Crippen LogP contribution in [0.5, 0.6) is 0 Å². The second-order valence-corrected chi connectivity index (χ2v) is 5.03. The molecule has 1 aromatic rings. The molecule has 0 aromatic carbocycles. The van der Waals surface area contributed by atoms with Gasteiger partial charge in [-0.05, 0) is 12.1 Å². The van der Waals surface area contributed by atoms with E-state index >= 15 is 0 Å². The summed E-state index contributed by atoms with van der Waals surface area (Å²) >= 11 is 5.55. The van der Waals surface area contributed by atoms with Crippen LogP contribution in [0, 0.1) is 0 Å². The molecule has 0 aliphatic rings. The summed E-state index contributed by atoms with van der Waals surface area (Å²) in [7, 11) is -0.591. The highest BCUT2D eigenvalue weighted by molar-refractivity contribution is 7.90. The standard InChI is InChI=1S/C7H10ClN3O2S/c1-11(2)14(12,13)10-6-3-4-7(8)9-5-6/h3-5,10H,1-2H3. The number of anilines is 1. The molecule has 5 nitrogen and oxygen atoms in total. The number of rotatable bonds is 3. The molecule has 0 aliphatic carbocycles. The van der Waals surface area contributed by atoms with Gasteiger partial charge in [-0.1, -0.05) is 11.6 Å². The average molecular weight is 236 g/mol. The Labute approximate surface area is 87.9 Å². The average Bonchev–Trinajstić information content (AvgIpc) is 2.08. The Morgan fingerprint density at radius 3 is 2.50 bits per heavy atom. The van der Waals surface area contributed by atoms with Crippen molar-refractivity contribution in [1.29, 1.82) is 0 Å². The van der Waals surface area contributed by atoms with Gasteiger partial charge in [0, 0.05) is 14.1 Å². The largest absolute Gasteiger partial charge is 0.301 e. The van der Waals surface area contributed by atoms with Gasteiger partial charge in [0.25, 0.3) is 0 Å². The third kappa shape index (κ3) is 2.83. The first-order chi connectivity index (χ1) is 6.42. The maximum Gasteiger partial charge on any atom is 0.301 e. The maximum atomic E-state index is 11.3. The summed E-state index contributed by atoms with van der Waals surface area (Å²) in [6.07, 6.45) is 1.35. The van der Waals surface area contributed by atoms with Crippen LogP contribution in [0.4, 0.5) is 5.69 Å². The molecule has 0 spiro atoms. The molecule has 0 fully saturated rings. The van der Waals surface area contributed by atoms with Crippen molar-refractivity contribution in [2.45, 2.75) is 0 Å². The smallest absolute Gasteiger partial charge is 0.269 e. The number of nitrogens with one attached hydrogen (secondary N) is 1. The van der Waals surface area contributed by atoms with E-state index in [-0.39, 0.29) is 0 Å². The van der Waals surface area contributed by atoms with Crippen LogP contribution in [0.2, 0.25) is 5.15 Å². The fourth-order valence-electron chi connectivity index (χ4n) is 0.676. The first-order valence-electron chi connectivity index (χ1n) is 3.73. The van der Waals surface area contributed by atoms with E-state index in [1.165, 1.54) is 32.4 Å². The van der Waals surface area contributed by atoms with Crippen molar-refractivity contribution in [1.82, 2.24) is 9.29 Å². The molecular weight excluding hydrogens is 226 g/mol. The summed E-state index contributed by atoms with van der Waals surface area (Å²) in [6.45, 7) is 0. The molecular formula is C7H10ClN3O2S. The second-order valence-electron chi connectivity index (χ2n) is 2.76. The zero-order chi connectivity index (χ0) is 10.8. The quantitative estimate of drug-likeness (QED) is 0.794. The van der Waals surface area contributed by atoms with E-state index in [9.17, 15) is 8.42 Å². The first-order valence-corrected chi connectivity index (χ1v) is 5.55. The number of hydrogen-bond donors (Lipinski definition) is 1. The molecule has 0 aliphatic heterocycles. The summed E-state index contributed by atoms with van der Waals surface area (Å²) in [5.41, 5.74) is 0.378. The summed E-state index contributed by atoms with van der Waals surface area (Å²) in [5, 5.41) is 0.317. The number of halogens is 1. The van der Waals surface area contributed by atoms with E-state index in [1.807, 2.05) is 0 Å². The molecule has 7 heteroatoms. The van der Waals surface area contributed by atoms with Crippen molar-refractivity contribution >= 4 is 27.5 Å². The fraction of sp³-hybridized carbons (Fsp3) is 0.286. The lowest BCUT2D eigenvalue weighted by Gasteiger charge is -2.12. The predicted octanol–water partition coefficient (Wildman–Crippen LogP) is 0.953. The monoisotopic (exact) mass is 235 g/mol. The second kappa shape index (κ2) is 4.12. The normalized spacial score (nSPS) is 11.7. The van der Waals surface area contributed by atoms with E-state index in [1.54, 1.807) is 0 Å². The third-order valence-corrected chi connectivity index (χ3v) is 3.13. The fourth-order valence-corrected chi connectivity index (χ4v) is 1.39. The van der Waals surface area contributed by atoms with Crippen molar-refractivity contribution in [3.63, 3.8) is 0 Å². The van der Waals surface area contributed by atoms with Gasteiger partial charge < -0.3 is 0 Å². The Bertz CT molecular complexity index is 401. The summed E-state index contributed by atoms with van der Waals surface area (Å²) in [5.74, 6) is 0. The van der Waals surface area contributed by atoms with Crippen molar-refractivity contribution in [2.75, 3.05) is 18.8 Å². The van der Waals surface area contributed by atoms with E-state index < -0.39 is 10.2 Å². The predicted molar refractivity (Wildman–Crippen MR) is 55.5 cm³/mol. The van der Waals surface area contributed by atoms with Gasteiger partial charge in [0.05, 0.1) is 11.9 Å². The lowest BCUT2D eigenvalue weighted by molar-refractivity contribution is 0.527. The lowest BCUT2D eigenvalue weighted by atomic mass is 10.4. The van der Waals surface area contributed by atoms with Crippen LogP contribution in [0.25, 0.3) is 0 Å². The van der Waals surface area contributed by atoms with Gasteiger partial charge >= 0.3 is 10.2 Å². The Balaban J connectivity index is 2.85. The van der Waals surface area contributed by atoms with Crippen LogP contribution in [0.15, 0.2) is 18.3 Å². The van der Waals surface area contributed by atoms with Crippen LogP contribution in [-0.2, 0) is 10.2 Å². The van der Waals surface area contributed by atoms with Crippen molar-refractivity contribution in [2.24, 2.45) is 0 Å². The highest BCUT2D eigenvalue weighted by Gasteiger charge is 2.12. The molecule has 1 aromatic heterocycles. The van der Waals surface area contributed by atoms with Gasteiger partial charge in [0.15, 0.2) is 0 Å². The van der Waals surface area contributed by atoms with Crippen molar-refractivity contribution in [3.05, 3.63) is 23.5 Å². The van der Waals surface area contributed by atoms with Gasteiger partial charge in [-0.15, -0.1) is 0 Å². The van der Waals surface area contributed by atoms with Gasteiger partial charge in [-0.2, -0.15) is 12.7 Å². The highest BCUT2D eigenvalue weighted by atomic mass is 35.5. The molecule has 0 unspecified atom stereocenters. The zero-order valence-electron chi connectivity index (χ0n) is 7.73. The molecule has 0 amide bonds. The third-order valence-electron chi connectivity index (χ3n) is 1.45. The van der Waals surface area contributed by atoms with Crippen LogP contribution in [0.1, 0.15) is 0 Å². The number of hydrogen-bond acceptors (Lipinski definition) is 3. The van der Waals surface area contributed by atoms with Gasteiger partial charge in [-0.3, -0.25) is 4.72 Å². The minimum absolute atomic E-state index is 0.317.